The molecule has 1 aromatic rings. The van der Waals surface area contributed by atoms with Crippen LogP contribution in [-0.4, -0.2) is 58.2 Å². The lowest BCUT2D eigenvalue weighted by molar-refractivity contribution is -0.119. The maximum absolute atomic E-state index is 12.2. The number of anilines is 1. The average molecular weight is 436 g/mol. The summed E-state index contributed by atoms with van der Waals surface area (Å²) in [7, 11) is -3.66. The maximum atomic E-state index is 12.2. The topological polar surface area (TPSA) is 69.7 Å². The van der Waals surface area contributed by atoms with E-state index in [1.54, 1.807) is 6.07 Å². The summed E-state index contributed by atoms with van der Waals surface area (Å²) < 4.78 is 25.2. The summed E-state index contributed by atoms with van der Waals surface area (Å²) in [6, 6.07) is 4.49. The van der Waals surface area contributed by atoms with Crippen molar-refractivity contribution in [2.45, 2.75) is 26.2 Å². The Morgan fingerprint density at radius 1 is 1.30 bits per heavy atom. The number of hydrogen-bond acceptors (Lipinski definition) is 4. The molecule has 0 aromatic heterocycles. The number of carbonyl (C=O) groups excluding carboxylic acids is 1. The second-order valence-corrected chi connectivity index (χ2v) is 9.84. The lowest BCUT2D eigenvalue weighted by atomic mass is 9.99. The number of nitrogens with zero attached hydrogens (tertiary/aromatic N) is 2. The van der Waals surface area contributed by atoms with Crippen LogP contribution >= 0.6 is 23.2 Å². The van der Waals surface area contributed by atoms with Gasteiger partial charge in [-0.1, -0.05) is 30.1 Å². The highest BCUT2D eigenvalue weighted by molar-refractivity contribution is 7.92. The third kappa shape index (κ3) is 7.14. The fraction of sp³-hybridized carbons (Fsp3) is 0.611. The lowest BCUT2D eigenvalue weighted by Gasteiger charge is -2.30. The van der Waals surface area contributed by atoms with Crippen LogP contribution in [0.4, 0.5) is 5.69 Å². The Morgan fingerprint density at radius 2 is 1.96 bits per heavy atom. The first-order valence-corrected chi connectivity index (χ1v) is 11.7. The minimum Gasteiger partial charge on any atom is -0.354 e. The van der Waals surface area contributed by atoms with Crippen LogP contribution < -0.4 is 9.62 Å². The molecule has 0 atom stereocenters. The molecule has 0 radical (unpaired) electrons. The first-order valence-electron chi connectivity index (χ1n) is 9.08. The molecule has 1 aliphatic heterocycles. The van der Waals surface area contributed by atoms with E-state index >= 15 is 0 Å². The van der Waals surface area contributed by atoms with Crippen LogP contribution in [0.3, 0.4) is 0 Å². The number of benzene rings is 1. The van der Waals surface area contributed by atoms with Gasteiger partial charge in [0.15, 0.2) is 0 Å². The Kier molecular flexibility index (Phi) is 8.21. The van der Waals surface area contributed by atoms with Gasteiger partial charge in [-0.25, -0.2) is 8.42 Å². The number of hydrogen-bond donors (Lipinski definition) is 1. The van der Waals surface area contributed by atoms with Crippen molar-refractivity contribution in [1.29, 1.82) is 0 Å². The highest BCUT2D eigenvalue weighted by Gasteiger charge is 2.23. The number of sulfonamides is 1. The molecule has 2 rings (SSSR count). The third-order valence-electron chi connectivity index (χ3n) is 4.72. The third-order valence-corrected chi connectivity index (χ3v) is 6.38. The zero-order valence-electron chi connectivity index (χ0n) is 15.7. The van der Waals surface area contributed by atoms with E-state index in [9.17, 15) is 13.2 Å². The van der Waals surface area contributed by atoms with Crippen molar-refractivity contribution in [2.24, 2.45) is 5.92 Å². The zero-order valence-corrected chi connectivity index (χ0v) is 18.1. The van der Waals surface area contributed by atoms with Crippen LogP contribution in [0.1, 0.15) is 26.2 Å². The summed E-state index contributed by atoms with van der Waals surface area (Å²) >= 11 is 12.0. The lowest BCUT2D eigenvalue weighted by Crippen LogP contribution is -2.41. The van der Waals surface area contributed by atoms with Crippen LogP contribution in [0.15, 0.2) is 18.2 Å². The van der Waals surface area contributed by atoms with Crippen molar-refractivity contribution in [3.8, 4) is 0 Å². The van der Waals surface area contributed by atoms with Crippen molar-refractivity contribution in [2.75, 3.05) is 43.3 Å². The minimum absolute atomic E-state index is 0.181. The highest BCUT2D eigenvalue weighted by Crippen LogP contribution is 2.30. The molecule has 0 spiro atoms. The first-order chi connectivity index (χ1) is 12.7. The molecule has 1 amide bonds. The fourth-order valence-electron chi connectivity index (χ4n) is 3.07. The molecule has 0 aliphatic carbocycles. The predicted octanol–water partition coefficient (Wildman–Crippen LogP) is 3.00. The minimum atomic E-state index is -3.66. The number of piperidine rings is 1. The van der Waals surface area contributed by atoms with E-state index < -0.39 is 10.0 Å². The van der Waals surface area contributed by atoms with E-state index in [2.05, 4.69) is 17.1 Å². The van der Waals surface area contributed by atoms with Crippen LogP contribution in [0, 0.1) is 5.92 Å². The highest BCUT2D eigenvalue weighted by atomic mass is 35.5. The second-order valence-electron chi connectivity index (χ2n) is 7.09. The van der Waals surface area contributed by atoms with Crippen LogP contribution in [0.2, 0.25) is 10.0 Å². The Morgan fingerprint density at radius 3 is 2.56 bits per heavy atom. The normalized spacial score (nSPS) is 16.3. The van der Waals surface area contributed by atoms with Gasteiger partial charge < -0.3 is 10.2 Å². The molecule has 1 saturated heterocycles. The van der Waals surface area contributed by atoms with Gasteiger partial charge in [-0.05, 0) is 63.0 Å². The number of amides is 1. The number of likely N-dealkylation sites (tertiary alicyclic amines) is 1. The largest absolute Gasteiger partial charge is 0.354 e. The summed E-state index contributed by atoms with van der Waals surface area (Å²) in [4.78, 5) is 14.7. The Hall–Kier alpha value is -1.02. The zero-order chi connectivity index (χ0) is 20.0. The van der Waals surface area contributed by atoms with Gasteiger partial charge in [-0.2, -0.15) is 0 Å². The number of halogens is 2. The Bertz CT molecular complexity index is 750. The fourth-order valence-corrected chi connectivity index (χ4v) is 4.50. The summed E-state index contributed by atoms with van der Waals surface area (Å²) in [6.07, 6.45) is 4.32. The second kappa shape index (κ2) is 9.96. The van der Waals surface area contributed by atoms with Crippen LogP contribution in [0.5, 0.6) is 0 Å². The van der Waals surface area contributed by atoms with E-state index in [4.69, 9.17) is 23.2 Å². The SMILES string of the molecule is CC1CCN(CCCNC(=O)CN(c2ccc(Cl)cc2Cl)S(C)(=O)=O)CC1. The van der Waals surface area contributed by atoms with Gasteiger partial charge >= 0.3 is 0 Å². The quantitative estimate of drug-likeness (QED) is 0.637. The van der Waals surface area contributed by atoms with Gasteiger partial charge in [0.25, 0.3) is 0 Å². The molecule has 1 aliphatic rings. The molecule has 0 saturated carbocycles. The molecule has 0 bridgehead atoms. The molecule has 27 heavy (non-hydrogen) atoms. The summed E-state index contributed by atoms with van der Waals surface area (Å²) in [6.45, 7) is 5.61. The van der Waals surface area contributed by atoms with Crippen molar-refractivity contribution in [3.63, 3.8) is 0 Å². The average Bonchev–Trinajstić information content (AvgIpc) is 2.58. The predicted molar refractivity (Wildman–Crippen MR) is 111 cm³/mol. The van der Waals surface area contributed by atoms with Crippen LogP contribution in [-0.2, 0) is 14.8 Å². The number of rotatable bonds is 8. The molecule has 9 heteroatoms. The van der Waals surface area contributed by atoms with Crippen molar-refractivity contribution in [1.82, 2.24) is 10.2 Å². The number of nitrogens with one attached hydrogen (secondary N) is 1. The van der Waals surface area contributed by atoms with Crippen molar-refractivity contribution < 1.29 is 13.2 Å². The summed E-state index contributed by atoms with van der Waals surface area (Å²) in [5, 5.41) is 3.37. The van der Waals surface area contributed by atoms with Gasteiger partial charge in [-0.3, -0.25) is 9.10 Å². The van der Waals surface area contributed by atoms with Gasteiger partial charge in [-0.15, -0.1) is 0 Å². The van der Waals surface area contributed by atoms with Gasteiger partial charge in [0, 0.05) is 11.6 Å². The van der Waals surface area contributed by atoms with Gasteiger partial charge in [0.2, 0.25) is 15.9 Å². The van der Waals surface area contributed by atoms with Crippen molar-refractivity contribution >= 4 is 44.8 Å². The molecule has 1 N–H and O–H groups in total. The van der Waals surface area contributed by atoms with Crippen LogP contribution in [0.25, 0.3) is 0 Å². The summed E-state index contributed by atoms with van der Waals surface area (Å²) in [5.74, 6) is 0.432. The van der Waals surface area contributed by atoms with E-state index in [-0.39, 0.29) is 23.2 Å². The standard InChI is InChI=1S/C18H27Cl2N3O3S/c1-14-6-10-22(11-7-14)9-3-8-21-18(24)13-23(27(2,25)26)17-5-4-15(19)12-16(17)20/h4-5,12,14H,3,6-11,13H2,1-2H3,(H,21,24). The molecule has 152 valence electrons. The van der Waals surface area contributed by atoms with Gasteiger partial charge in [0.1, 0.15) is 6.54 Å². The first kappa shape index (κ1) is 22.3. The maximum Gasteiger partial charge on any atom is 0.240 e. The summed E-state index contributed by atoms with van der Waals surface area (Å²) in [5.41, 5.74) is 0.237. The van der Waals surface area contributed by atoms with Gasteiger partial charge in [0.05, 0.1) is 17.0 Å². The number of carbonyl (C=O) groups is 1. The monoisotopic (exact) mass is 435 g/mol. The van der Waals surface area contributed by atoms with E-state index in [0.29, 0.717) is 11.6 Å². The molecule has 1 fully saturated rings. The smallest absolute Gasteiger partial charge is 0.240 e. The van der Waals surface area contributed by atoms with E-state index in [1.807, 2.05) is 0 Å². The molecule has 0 unspecified atom stereocenters. The molecule has 6 nitrogen and oxygen atoms in total. The van der Waals surface area contributed by atoms with E-state index in [1.165, 1.54) is 25.0 Å². The van der Waals surface area contributed by atoms with E-state index in [0.717, 1.165) is 42.5 Å². The molecular formula is C18H27Cl2N3O3S. The Labute approximate surface area is 171 Å². The molecule has 1 heterocycles. The van der Waals surface area contributed by atoms with Crippen molar-refractivity contribution in [3.05, 3.63) is 28.2 Å². The molecular weight excluding hydrogens is 409 g/mol. The molecule has 1 aromatic carbocycles. The Balaban J connectivity index is 1.85.